The van der Waals surface area contributed by atoms with Crippen LogP contribution in [-0.4, -0.2) is 26.9 Å². The van der Waals surface area contributed by atoms with Crippen LogP contribution in [0.25, 0.3) is 10.9 Å². The predicted octanol–water partition coefficient (Wildman–Crippen LogP) is 4.24. The molecular weight excluding hydrogens is 362 g/mol. The molecule has 0 aliphatic heterocycles. The highest BCUT2D eigenvalue weighted by Gasteiger charge is 2.21. The molecular formula is C23H23N5O. The first-order valence-electron chi connectivity index (χ1n) is 9.58. The Labute approximate surface area is 169 Å². The van der Waals surface area contributed by atoms with Gasteiger partial charge in [0.1, 0.15) is 6.04 Å². The predicted molar refractivity (Wildman–Crippen MR) is 116 cm³/mol. The van der Waals surface area contributed by atoms with Crippen LogP contribution in [-0.2, 0) is 11.2 Å². The fourth-order valence-electron chi connectivity index (χ4n) is 3.42. The molecule has 3 N–H and O–H groups in total. The summed E-state index contributed by atoms with van der Waals surface area (Å²) in [4.78, 5) is 25.3. The Balaban J connectivity index is 1.61. The van der Waals surface area contributed by atoms with Crippen molar-refractivity contribution in [1.29, 1.82) is 0 Å². The summed E-state index contributed by atoms with van der Waals surface area (Å²) in [5.41, 5.74) is 4.53. The van der Waals surface area contributed by atoms with Crippen molar-refractivity contribution in [3.63, 3.8) is 0 Å². The molecule has 0 aliphatic carbocycles. The van der Waals surface area contributed by atoms with Crippen LogP contribution in [0.3, 0.4) is 0 Å². The van der Waals surface area contributed by atoms with Gasteiger partial charge < -0.3 is 15.6 Å². The molecule has 1 amide bonds. The summed E-state index contributed by atoms with van der Waals surface area (Å²) < 4.78 is 0. The van der Waals surface area contributed by atoms with E-state index < -0.39 is 6.04 Å². The number of H-pyrrole nitrogens is 1. The molecule has 1 atom stereocenters. The van der Waals surface area contributed by atoms with Crippen molar-refractivity contribution >= 4 is 28.4 Å². The smallest absolute Gasteiger partial charge is 0.247 e. The van der Waals surface area contributed by atoms with Gasteiger partial charge in [0.25, 0.3) is 0 Å². The fraction of sp³-hybridized carbons (Fsp3) is 0.174. The summed E-state index contributed by atoms with van der Waals surface area (Å²) in [6.45, 7) is 3.83. The van der Waals surface area contributed by atoms with Crippen LogP contribution in [0.2, 0.25) is 0 Å². The van der Waals surface area contributed by atoms with E-state index in [2.05, 4.69) is 25.6 Å². The molecule has 0 fully saturated rings. The minimum absolute atomic E-state index is 0.134. The second-order valence-corrected chi connectivity index (χ2v) is 7.09. The number of fused-ring (bicyclic) bond motifs is 1. The molecule has 0 aliphatic rings. The monoisotopic (exact) mass is 385 g/mol. The lowest BCUT2D eigenvalue weighted by atomic mass is 10.0. The first kappa shape index (κ1) is 18.7. The molecule has 6 heteroatoms. The van der Waals surface area contributed by atoms with Gasteiger partial charge in [-0.05, 0) is 43.7 Å². The number of aryl methyl sites for hydroxylation is 2. The van der Waals surface area contributed by atoms with Crippen LogP contribution in [0, 0.1) is 13.8 Å². The van der Waals surface area contributed by atoms with Crippen molar-refractivity contribution in [1.82, 2.24) is 15.0 Å². The van der Waals surface area contributed by atoms with Crippen molar-refractivity contribution in [2.24, 2.45) is 0 Å². The van der Waals surface area contributed by atoms with E-state index in [0.29, 0.717) is 12.4 Å². The van der Waals surface area contributed by atoms with Crippen molar-refractivity contribution in [3.8, 4) is 0 Å². The van der Waals surface area contributed by atoms with Crippen molar-refractivity contribution < 1.29 is 4.79 Å². The maximum absolute atomic E-state index is 13.2. The van der Waals surface area contributed by atoms with Crippen molar-refractivity contribution in [2.45, 2.75) is 26.3 Å². The molecule has 0 saturated carbocycles. The SMILES string of the molecule is Cc1cc(C)nc(N[C@@H](Cc2ccccc2)C(=O)Nc2cccc3[nH]ccc23)n1. The second kappa shape index (κ2) is 8.14. The third-order valence-electron chi connectivity index (χ3n) is 4.74. The molecule has 0 bridgehead atoms. The fourth-order valence-corrected chi connectivity index (χ4v) is 3.42. The van der Waals surface area contributed by atoms with Gasteiger partial charge in [0.2, 0.25) is 11.9 Å². The van der Waals surface area contributed by atoms with Gasteiger partial charge in [-0.25, -0.2) is 9.97 Å². The number of carbonyl (C=O) groups is 1. The number of aromatic amines is 1. The third-order valence-corrected chi connectivity index (χ3v) is 4.74. The largest absolute Gasteiger partial charge is 0.361 e. The standard InChI is InChI=1S/C23H23N5O/c1-15-13-16(2)26-23(25-15)28-21(14-17-7-4-3-5-8-17)22(29)27-20-10-6-9-19-18(20)11-12-24-19/h3-13,21,24H,14H2,1-2H3,(H,27,29)(H,25,26,28)/t21-/m0/s1. The normalized spacial score (nSPS) is 11.9. The number of aromatic nitrogens is 3. The maximum atomic E-state index is 13.2. The number of amides is 1. The van der Waals surface area contributed by atoms with Crippen molar-refractivity contribution in [3.05, 3.63) is 83.8 Å². The molecule has 0 saturated heterocycles. The lowest BCUT2D eigenvalue weighted by Crippen LogP contribution is -2.37. The Morgan fingerprint density at radius 3 is 2.52 bits per heavy atom. The zero-order valence-electron chi connectivity index (χ0n) is 16.4. The summed E-state index contributed by atoms with van der Waals surface area (Å²) in [6.07, 6.45) is 2.38. The number of nitrogens with zero attached hydrogens (tertiary/aromatic N) is 2. The van der Waals surface area contributed by atoms with E-state index in [0.717, 1.165) is 33.5 Å². The molecule has 0 radical (unpaired) electrons. The van der Waals surface area contributed by atoms with Crippen LogP contribution in [0.5, 0.6) is 0 Å². The lowest BCUT2D eigenvalue weighted by Gasteiger charge is -2.19. The summed E-state index contributed by atoms with van der Waals surface area (Å²) in [5, 5.41) is 7.27. The molecule has 6 nitrogen and oxygen atoms in total. The minimum Gasteiger partial charge on any atom is -0.361 e. The molecule has 2 heterocycles. The van der Waals surface area contributed by atoms with Gasteiger partial charge in [-0.15, -0.1) is 0 Å². The first-order valence-corrected chi connectivity index (χ1v) is 9.58. The number of benzene rings is 2. The maximum Gasteiger partial charge on any atom is 0.247 e. The highest BCUT2D eigenvalue weighted by atomic mass is 16.2. The second-order valence-electron chi connectivity index (χ2n) is 7.09. The molecule has 2 aromatic carbocycles. The van der Waals surface area contributed by atoms with E-state index in [4.69, 9.17) is 0 Å². The third kappa shape index (κ3) is 4.43. The van der Waals surface area contributed by atoms with Gasteiger partial charge in [0.15, 0.2) is 0 Å². The van der Waals surface area contributed by atoms with E-state index in [1.807, 2.05) is 80.7 Å². The molecule has 2 aromatic heterocycles. The Hall–Kier alpha value is -3.67. The number of rotatable bonds is 6. The van der Waals surface area contributed by atoms with Gasteiger partial charge in [-0.3, -0.25) is 4.79 Å². The average molecular weight is 385 g/mol. The molecule has 0 unspecified atom stereocenters. The quantitative estimate of drug-likeness (QED) is 0.464. The Morgan fingerprint density at radius 1 is 1.00 bits per heavy atom. The minimum atomic E-state index is -0.521. The summed E-state index contributed by atoms with van der Waals surface area (Å²) in [6, 6.07) is 19.1. The van der Waals surface area contributed by atoms with E-state index in [-0.39, 0.29) is 5.91 Å². The number of carbonyl (C=O) groups excluding carboxylic acids is 1. The van der Waals surface area contributed by atoms with Crippen LogP contribution in [0.15, 0.2) is 66.9 Å². The van der Waals surface area contributed by atoms with Crippen LogP contribution in [0.4, 0.5) is 11.6 Å². The molecule has 146 valence electrons. The highest BCUT2D eigenvalue weighted by Crippen LogP contribution is 2.23. The van der Waals surface area contributed by atoms with Crippen molar-refractivity contribution in [2.75, 3.05) is 10.6 Å². The van der Waals surface area contributed by atoms with E-state index in [9.17, 15) is 4.79 Å². The number of anilines is 2. The topological polar surface area (TPSA) is 82.7 Å². The van der Waals surface area contributed by atoms with Gasteiger partial charge in [0.05, 0.1) is 5.69 Å². The van der Waals surface area contributed by atoms with Gasteiger partial charge in [-0.2, -0.15) is 0 Å². The molecule has 0 spiro atoms. The highest BCUT2D eigenvalue weighted by molar-refractivity contribution is 6.03. The zero-order chi connectivity index (χ0) is 20.2. The van der Waals surface area contributed by atoms with Crippen LogP contribution >= 0.6 is 0 Å². The average Bonchev–Trinajstić information content (AvgIpc) is 3.17. The Kier molecular flexibility index (Phi) is 5.24. The number of hydrogen-bond acceptors (Lipinski definition) is 4. The first-order chi connectivity index (χ1) is 14.1. The molecule has 4 rings (SSSR count). The van der Waals surface area contributed by atoms with E-state index in [1.165, 1.54) is 0 Å². The Bertz CT molecular complexity index is 1120. The van der Waals surface area contributed by atoms with E-state index in [1.54, 1.807) is 0 Å². The lowest BCUT2D eigenvalue weighted by molar-refractivity contribution is -0.116. The number of hydrogen-bond donors (Lipinski definition) is 3. The van der Waals surface area contributed by atoms with Gasteiger partial charge >= 0.3 is 0 Å². The Morgan fingerprint density at radius 2 is 1.76 bits per heavy atom. The summed E-state index contributed by atoms with van der Waals surface area (Å²) >= 11 is 0. The molecule has 29 heavy (non-hydrogen) atoms. The van der Waals surface area contributed by atoms with E-state index >= 15 is 0 Å². The zero-order valence-corrected chi connectivity index (χ0v) is 16.4. The summed E-state index contributed by atoms with van der Waals surface area (Å²) in [5.74, 6) is 0.323. The van der Waals surface area contributed by atoms with Gasteiger partial charge in [-0.1, -0.05) is 36.4 Å². The van der Waals surface area contributed by atoms with Crippen LogP contribution in [0.1, 0.15) is 17.0 Å². The molecule has 4 aromatic rings. The van der Waals surface area contributed by atoms with Gasteiger partial charge in [0, 0.05) is 34.9 Å². The summed E-state index contributed by atoms with van der Waals surface area (Å²) in [7, 11) is 0. The number of nitrogens with one attached hydrogen (secondary N) is 3. The van der Waals surface area contributed by atoms with Crippen LogP contribution < -0.4 is 10.6 Å².